The Hall–Kier alpha value is -4.17. The average molecular weight is 583 g/mol. The summed E-state index contributed by atoms with van der Waals surface area (Å²) in [4.78, 5) is 33.7. The fourth-order valence-electron chi connectivity index (χ4n) is 5.82. The third kappa shape index (κ3) is 5.04. The number of thiazole rings is 1. The quantitative estimate of drug-likeness (QED) is 0.101. The average Bonchev–Trinajstić information content (AvgIpc) is 3.63. The number of carbonyl (C=O) groups is 2. The van der Waals surface area contributed by atoms with Gasteiger partial charge in [-0.15, -0.1) is 0 Å². The number of rotatable bonds is 8. The minimum absolute atomic E-state index is 0.0377. The fraction of sp³-hybridized carbons (Fsp3) is 0.324. The second kappa shape index (κ2) is 11.2. The van der Waals surface area contributed by atoms with Gasteiger partial charge in [-0.1, -0.05) is 49.3 Å². The highest BCUT2D eigenvalue weighted by Crippen LogP contribution is 2.45. The zero-order valence-electron chi connectivity index (χ0n) is 24.3. The van der Waals surface area contributed by atoms with Gasteiger partial charge < -0.3 is 14.6 Å². The maximum absolute atomic E-state index is 13.7. The summed E-state index contributed by atoms with van der Waals surface area (Å²) in [5, 5.41) is 12.1. The largest absolute Gasteiger partial charge is 0.507 e. The Labute approximate surface area is 249 Å². The van der Waals surface area contributed by atoms with Gasteiger partial charge in [-0.05, 0) is 85.8 Å². The van der Waals surface area contributed by atoms with E-state index in [2.05, 4.69) is 13.0 Å². The zero-order valence-corrected chi connectivity index (χ0v) is 25.1. The number of aryl methyl sites for hydroxylation is 2. The molecule has 3 heterocycles. The molecule has 0 unspecified atom stereocenters. The predicted octanol–water partition coefficient (Wildman–Crippen LogP) is 7.43. The van der Waals surface area contributed by atoms with Gasteiger partial charge in [0.1, 0.15) is 23.4 Å². The highest BCUT2D eigenvalue weighted by molar-refractivity contribution is 7.22. The van der Waals surface area contributed by atoms with Crippen molar-refractivity contribution in [2.24, 2.45) is 0 Å². The first-order chi connectivity index (χ1) is 20.2. The molecule has 0 radical (unpaired) electrons. The third-order valence-corrected chi connectivity index (χ3v) is 8.85. The maximum Gasteiger partial charge on any atom is 0.301 e. The minimum Gasteiger partial charge on any atom is -0.507 e. The fourth-order valence-corrected chi connectivity index (χ4v) is 6.99. The van der Waals surface area contributed by atoms with E-state index in [4.69, 9.17) is 14.5 Å². The Bertz CT molecular complexity index is 1720. The van der Waals surface area contributed by atoms with Crippen LogP contribution in [0.3, 0.4) is 0 Å². The molecule has 0 bridgehead atoms. The number of ether oxygens (including phenoxy) is 2. The van der Waals surface area contributed by atoms with E-state index >= 15 is 0 Å². The number of nitrogens with zero attached hydrogens (tertiary/aromatic N) is 2. The molecular formula is C34H34N2O5S. The molecule has 4 aromatic rings. The van der Waals surface area contributed by atoms with E-state index in [1.54, 1.807) is 6.07 Å². The first-order valence-electron chi connectivity index (χ1n) is 14.5. The number of aromatic nitrogens is 1. The van der Waals surface area contributed by atoms with Crippen LogP contribution in [0.15, 0.2) is 60.2 Å². The van der Waals surface area contributed by atoms with Crippen LogP contribution in [-0.2, 0) is 16.0 Å². The summed E-state index contributed by atoms with van der Waals surface area (Å²) in [5.41, 5.74) is 5.04. The summed E-state index contributed by atoms with van der Waals surface area (Å²) in [6, 6.07) is 16.0. The van der Waals surface area contributed by atoms with Crippen LogP contribution in [0.5, 0.6) is 11.5 Å². The van der Waals surface area contributed by atoms with Crippen LogP contribution in [0.1, 0.15) is 67.0 Å². The summed E-state index contributed by atoms with van der Waals surface area (Å²) in [6.07, 6.45) is 3.93. The van der Waals surface area contributed by atoms with Crippen LogP contribution < -0.4 is 14.4 Å². The number of fused-ring (bicyclic) bond motifs is 2. The van der Waals surface area contributed by atoms with Gasteiger partial charge >= 0.3 is 5.91 Å². The lowest BCUT2D eigenvalue weighted by Gasteiger charge is -2.23. The van der Waals surface area contributed by atoms with Gasteiger partial charge in [0.2, 0.25) is 0 Å². The number of anilines is 1. The molecule has 6 rings (SSSR count). The molecule has 1 fully saturated rings. The van der Waals surface area contributed by atoms with Crippen LogP contribution in [0.2, 0.25) is 0 Å². The lowest BCUT2D eigenvalue weighted by atomic mass is 9.94. The predicted molar refractivity (Wildman–Crippen MR) is 166 cm³/mol. The Morgan fingerprint density at radius 3 is 2.64 bits per heavy atom. The monoisotopic (exact) mass is 582 g/mol. The molecule has 3 aromatic carbocycles. The first-order valence-corrected chi connectivity index (χ1v) is 15.3. The Balaban J connectivity index is 1.45. The summed E-state index contributed by atoms with van der Waals surface area (Å²) >= 11 is 1.37. The second-order valence-electron chi connectivity index (χ2n) is 11.2. The minimum atomic E-state index is -0.857. The number of hydrogen-bond acceptors (Lipinski definition) is 7. The molecule has 1 aromatic heterocycles. The van der Waals surface area contributed by atoms with E-state index in [9.17, 15) is 14.7 Å². The van der Waals surface area contributed by atoms with Crippen molar-refractivity contribution in [1.29, 1.82) is 0 Å². The number of ketones is 1. The van der Waals surface area contributed by atoms with Gasteiger partial charge in [0.25, 0.3) is 5.78 Å². The molecule has 0 aliphatic carbocycles. The van der Waals surface area contributed by atoms with Gasteiger partial charge in [-0.2, -0.15) is 0 Å². The molecule has 42 heavy (non-hydrogen) atoms. The second-order valence-corrected chi connectivity index (χ2v) is 12.2. The van der Waals surface area contributed by atoms with Crippen LogP contribution in [0, 0.1) is 13.8 Å². The normalized spacial score (nSPS) is 19.4. The zero-order chi connectivity index (χ0) is 29.5. The standard InChI is InChI=1S/C34H34N2O5S/c1-5-6-7-14-40-25-11-8-22(9-12-25)30-28(31(37)23-10-13-26-24(18-23)17-21(4)41-26)32(38)33(39)36(30)34-35-29-20(3)15-19(2)16-27(29)42-34/h8-13,15-16,18,21,30,37H,5-7,14,17H2,1-4H3/t21-,30-/m0/s1. The van der Waals surface area contributed by atoms with Crippen molar-refractivity contribution >= 4 is 44.1 Å². The molecule has 2 aliphatic rings. The van der Waals surface area contributed by atoms with Gasteiger partial charge in [0.05, 0.1) is 28.4 Å². The van der Waals surface area contributed by atoms with E-state index < -0.39 is 17.7 Å². The van der Waals surface area contributed by atoms with Crippen molar-refractivity contribution in [2.75, 3.05) is 11.5 Å². The number of amides is 1. The molecule has 0 spiro atoms. The van der Waals surface area contributed by atoms with Crippen LogP contribution in [0.4, 0.5) is 5.13 Å². The van der Waals surface area contributed by atoms with E-state index in [1.165, 1.54) is 16.2 Å². The van der Waals surface area contributed by atoms with Crippen molar-refractivity contribution in [3.8, 4) is 11.5 Å². The molecule has 7 nitrogen and oxygen atoms in total. The van der Waals surface area contributed by atoms with Crippen molar-refractivity contribution < 1.29 is 24.2 Å². The lowest BCUT2D eigenvalue weighted by molar-refractivity contribution is -0.132. The number of unbranched alkanes of at least 4 members (excludes halogenated alkanes) is 2. The molecule has 1 saturated heterocycles. The van der Waals surface area contributed by atoms with Crippen molar-refractivity contribution in [2.45, 2.75) is 65.5 Å². The van der Waals surface area contributed by atoms with E-state index in [0.717, 1.165) is 51.9 Å². The third-order valence-electron chi connectivity index (χ3n) is 7.85. The molecule has 216 valence electrons. The number of hydrogen-bond donors (Lipinski definition) is 1. The number of aliphatic hydroxyl groups is 1. The molecule has 2 atom stereocenters. The maximum atomic E-state index is 13.7. The molecule has 2 aliphatic heterocycles. The summed E-state index contributed by atoms with van der Waals surface area (Å²) in [6.45, 7) is 8.77. The highest BCUT2D eigenvalue weighted by atomic mass is 32.1. The van der Waals surface area contributed by atoms with Crippen molar-refractivity contribution in [1.82, 2.24) is 4.98 Å². The topological polar surface area (TPSA) is 89.0 Å². The van der Waals surface area contributed by atoms with Gasteiger partial charge in [0, 0.05) is 12.0 Å². The number of benzene rings is 3. The molecular weight excluding hydrogens is 548 g/mol. The van der Waals surface area contributed by atoms with E-state index in [0.29, 0.717) is 35.0 Å². The molecule has 0 saturated carbocycles. The van der Waals surface area contributed by atoms with Crippen LogP contribution in [-0.4, -0.2) is 34.5 Å². The van der Waals surface area contributed by atoms with Gasteiger partial charge in [-0.25, -0.2) is 4.98 Å². The van der Waals surface area contributed by atoms with Crippen molar-refractivity contribution in [3.05, 3.63) is 88.0 Å². The number of Topliss-reactive ketones (excluding diaryl/α,β-unsaturated/α-hetero) is 1. The Morgan fingerprint density at radius 2 is 1.88 bits per heavy atom. The Kier molecular flexibility index (Phi) is 7.49. The van der Waals surface area contributed by atoms with Crippen LogP contribution >= 0.6 is 11.3 Å². The lowest BCUT2D eigenvalue weighted by Crippen LogP contribution is -2.29. The number of carbonyl (C=O) groups excluding carboxylic acids is 2. The SMILES string of the molecule is CCCCCOc1ccc([C@H]2C(=C(O)c3ccc4c(c3)C[C@H](C)O4)C(=O)C(=O)N2c2nc3c(C)cc(C)cc3s2)cc1. The molecule has 8 heteroatoms. The summed E-state index contributed by atoms with van der Waals surface area (Å²) < 4.78 is 12.7. The van der Waals surface area contributed by atoms with E-state index in [-0.39, 0.29) is 17.4 Å². The molecule has 1 amide bonds. The summed E-state index contributed by atoms with van der Waals surface area (Å²) in [7, 11) is 0. The first kappa shape index (κ1) is 28.0. The van der Waals surface area contributed by atoms with E-state index in [1.807, 2.05) is 63.2 Å². The van der Waals surface area contributed by atoms with Crippen LogP contribution in [0.25, 0.3) is 16.0 Å². The summed E-state index contributed by atoms with van der Waals surface area (Å²) in [5.74, 6) is -0.185. The molecule has 1 N–H and O–H groups in total. The number of aliphatic hydroxyl groups excluding tert-OH is 1. The Morgan fingerprint density at radius 1 is 1.10 bits per heavy atom. The van der Waals surface area contributed by atoms with Gasteiger partial charge in [-0.3, -0.25) is 14.5 Å². The highest BCUT2D eigenvalue weighted by Gasteiger charge is 2.48. The van der Waals surface area contributed by atoms with Gasteiger partial charge in [0.15, 0.2) is 5.13 Å². The van der Waals surface area contributed by atoms with Crippen molar-refractivity contribution in [3.63, 3.8) is 0 Å². The smallest absolute Gasteiger partial charge is 0.301 e.